The molecule has 0 aliphatic carbocycles. The maximum absolute atomic E-state index is 12.9. The molecule has 2 saturated heterocycles. The van der Waals surface area contributed by atoms with Crippen LogP contribution in [0, 0.1) is 6.92 Å². The lowest BCUT2D eigenvalue weighted by atomic mass is 10.1. The quantitative estimate of drug-likeness (QED) is 0.782. The van der Waals surface area contributed by atoms with E-state index in [1.807, 2.05) is 49.5 Å². The third-order valence-corrected chi connectivity index (χ3v) is 5.34. The Morgan fingerprint density at radius 3 is 2.58 bits per heavy atom. The lowest BCUT2D eigenvalue weighted by Gasteiger charge is -2.31. The molecule has 2 aromatic rings. The molecule has 0 unspecified atom stereocenters. The van der Waals surface area contributed by atoms with E-state index in [0.29, 0.717) is 12.1 Å². The molecule has 0 saturated carbocycles. The summed E-state index contributed by atoms with van der Waals surface area (Å²) in [7, 11) is 0. The third kappa shape index (κ3) is 3.08. The number of piperazine rings is 1. The molecule has 26 heavy (non-hydrogen) atoms. The zero-order valence-electron chi connectivity index (χ0n) is 14.9. The number of benzene rings is 1. The molecule has 0 radical (unpaired) electrons. The van der Waals surface area contributed by atoms with Gasteiger partial charge in [-0.25, -0.2) is 9.88 Å². The van der Waals surface area contributed by atoms with Gasteiger partial charge in [0.25, 0.3) is 11.7 Å². The van der Waals surface area contributed by atoms with Crippen molar-refractivity contribution < 1.29 is 19.5 Å². The zero-order chi connectivity index (χ0) is 18.1. The summed E-state index contributed by atoms with van der Waals surface area (Å²) >= 11 is 0. The highest BCUT2D eigenvalue weighted by atomic mass is 16.2. The van der Waals surface area contributed by atoms with Gasteiger partial charge in [-0.2, -0.15) is 0 Å². The Hall–Kier alpha value is -2.73. The molecule has 1 aromatic heterocycles. The van der Waals surface area contributed by atoms with Crippen LogP contribution in [0.15, 0.2) is 48.7 Å². The monoisotopic (exact) mass is 352 g/mol. The fourth-order valence-electron chi connectivity index (χ4n) is 3.95. The van der Waals surface area contributed by atoms with Crippen LogP contribution in [-0.4, -0.2) is 44.0 Å². The van der Waals surface area contributed by atoms with Gasteiger partial charge >= 0.3 is 0 Å². The molecule has 134 valence electrons. The smallest absolute Gasteiger partial charge is 0.292 e. The van der Waals surface area contributed by atoms with Gasteiger partial charge in [0.2, 0.25) is 5.91 Å². The van der Waals surface area contributed by atoms with Crippen molar-refractivity contribution in [1.29, 1.82) is 0 Å². The van der Waals surface area contributed by atoms with Gasteiger partial charge < -0.3 is 4.90 Å². The standard InChI is InChI=1S/C20H22N4O2/c1-15-5-4-6-16(13-15)24-19(25)14-17(20(24)26)22-9-11-23(12-10-22)18-7-2-3-8-21-18/h2-8,13,17H,9-12,14H2,1H3/p+2/t17-/m0/s1. The predicted molar refractivity (Wildman–Crippen MR) is 98.0 cm³/mol. The van der Waals surface area contributed by atoms with E-state index in [4.69, 9.17) is 0 Å². The average molecular weight is 352 g/mol. The number of imide groups is 1. The molecule has 3 heterocycles. The number of aryl methyl sites for hydroxylation is 1. The predicted octanol–water partition coefficient (Wildman–Crippen LogP) is -0.154. The first-order valence-corrected chi connectivity index (χ1v) is 9.13. The molecule has 2 N–H and O–H groups in total. The number of hydrogen-bond donors (Lipinski definition) is 1. The van der Waals surface area contributed by atoms with Gasteiger partial charge in [-0.05, 0) is 30.7 Å². The number of rotatable bonds is 3. The highest BCUT2D eigenvalue weighted by molar-refractivity contribution is 6.21. The second-order valence-corrected chi connectivity index (χ2v) is 7.06. The van der Waals surface area contributed by atoms with Gasteiger partial charge in [-0.1, -0.05) is 18.2 Å². The van der Waals surface area contributed by atoms with Crippen molar-refractivity contribution in [2.45, 2.75) is 19.4 Å². The number of nitrogens with zero attached hydrogens (tertiary/aromatic N) is 2. The van der Waals surface area contributed by atoms with Crippen LogP contribution in [0.4, 0.5) is 11.5 Å². The minimum Gasteiger partial charge on any atom is -0.318 e. The summed E-state index contributed by atoms with van der Waals surface area (Å²) in [6.45, 7) is 5.43. The van der Waals surface area contributed by atoms with Crippen molar-refractivity contribution in [1.82, 2.24) is 0 Å². The van der Waals surface area contributed by atoms with Crippen molar-refractivity contribution in [3.8, 4) is 0 Å². The Labute approximate surface area is 153 Å². The summed E-state index contributed by atoms with van der Waals surface area (Å²) in [6, 6.07) is 13.4. The molecular formula is C20H24N4O2+2. The molecule has 6 heteroatoms. The van der Waals surface area contributed by atoms with Crippen molar-refractivity contribution >= 4 is 23.3 Å². The minimum atomic E-state index is -0.259. The van der Waals surface area contributed by atoms with Crippen LogP contribution < -0.4 is 19.7 Å². The fraction of sp³-hybridized carbons (Fsp3) is 0.350. The number of H-pyrrole nitrogens is 1. The van der Waals surface area contributed by atoms with Crippen molar-refractivity contribution in [2.24, 2.45) is 0 Å². The van der Waals surface area contributed by atoms with Crippen molar-refractivity contribution in [2.75, 3.05) is 36.0 Å². The second kappa shape index (κ2) is 6.88. The number of pyridine rings is 1. The summed E-state index contributed by atoms with van der Waals surface area (Å²) in [5.41, 5.74) is 1.74. The molecule has 1 atom stereocenters. The SMILES string of the molecule is Cc1cccc(N2C(=O)C[C@H]([NH+]3CCN(c4cccc[nH+]4)CC3)C2=O)c1. The summed E-state index contributed by atoms with van der Waals surface area (Å²) in [5.74, 6) is 0.953. The summed E-state index contributed by atoms with van der Waals surface area (Å²) in [6.07, 6.45) is 2.23. The van der Waals surface area contributed by atoms with Crippen molar-refractivity contribution in [3.05, 3.63) is 54.2 Å². The molecule has 0 bridgehead atoms. The van der Waals surface area contributed by atoms with E-state index in [2.05, 4.69) is 16.0 Å². The molecule has 6 nitrogen and oxygen atoms in total. The van der Waals surface area contributed by atoms with E-state index in [1.54, 1.807) is 0 Å². The van der Waals surface area contributed by atoms with E-state index in [9.17, 15) is 9.59 Å². The van der Waals surface area contributed by atoms with Crippen molar-refractivity contribution in [3.63, 3.8) is 0 Å². The van der Waals surface area contributed by atoms with Gasteiger partial charge in [-0.3, -0.25) is 14.5 Å². The van der Waals surface area contributed by atoms with Crippen LogP contribution in [0.25, 0.3) is 0 Å². The Morgan fingerprint density at radius 1 is 1.08 bits per heavy atom. The fourth-order valence-corrected chi connectivity index (χ4v) is 3.95. The van der Waals surface area contributed by atoms with Gasteiger partial charge in [0.1, 0.15) is 26.2 Å². The van der Waals surface area contributed by atoms with Gasteiger partial charge in [0.05, 0.1) is 18.3 Å². The Bertz CT molecular complexity index is 816. The first-order valence-electron chi connectivity index (χ1n) is 9.13. The minimum absolute atomic E-state index is 0.0599. The molecule has 2 fully saturated rings. The number of carbonyl (C=O) groups excluding carboxylic acids is 2. The number of anilines is 2. The number of quaternary nitrogens is 1. The number of aromatic amines is 1. The number of nitrogens with one attached hydrogen (secondary N) is 2. The molecule has 2 aliphatic heterocycles. The number of carbonyl (C=O) groups is 2. The maximum Gasteiger partial charge on any atom is 0.292 e. The third-order valence-electron chi connectivity index (χ3n) is 5.34. The first kappa shape index (κ1) is 16.7. The molecule has 2 aliphatic rings. The van der Waals surface area contributed by atoms with E-state index in [-0.39, 0.29) is 17.9 Å². The van der Waals surface area contributed by atoms with Crippen LogP contribution in [0.1, 0.15) is 12.0 Å². The average Bonchev–Trinajstić information content (AvgIpc) is 2.97. The van der Waals surface area contributed by atoms with E-state index >= 15 is 0 Å². The second-order valence-electron chi connectivity index (χ2n) is 7.06. The Kier molecular flexibility index (Phi) is 4.42. The maximum atomic E-state index is 12.9. The summed E-state index contributed by atoms with van der Waals surface area (Å²) < 4.78 is 0. The first-order chi connectivity index (χ1) is 12.6. The van der Waals surface area contributed by atoms with E-state index in [1.165, 1.54) is 9.80 Å². The summed E-state index contributed by atoms with van der Waals surface area (Å²) in [4.78, 5) is 33.6. The van der Waals surface area contributed by atoms with Crippen LogP contribution in [0.5, 0.6) is 0 Å². The van der Waals surface area contributed by atoms with Crippen LogP contribution >= 0.6 is 0 Å². The molecular weight excluding hydrogens is 328 g/mol. The number of amides is 2. The zero-order valence-corrected chi connectivity index (χ0v) is 14.9. The van der Waals surface area contributed by atoms with Crippen LogP contribution in [-0.2, 0) is 9.59 Å². The number of aromatic nitrogens is 1. The molecule has 2 amide bonds. The topological polar surface area (TPSA) is 59.2 Å². The molecule has 4 rings (SSSR count). The van der Waals surface area contributed by atoms with Crippen LogP contribution in [0.3, 0.4) is 0 Å². The lowest BCUT2D eigenvalue weighted by molar-refractivity contribution is -0.915. The normalized spacial score (nSPS) is 21.5. The Morgan fingerprint density at radius 2 is 1.88 bits per heavy atom. The Balaban J connectivity index is 1.45. The highest BCUT2D eigenvalue weighted by Crippen LogP contribution is 2.23. The largest absolute Gasteiger partial charge is 0.318 e. The van der Waals surface area contributed by atoms with Gasteiger partial charge in [0, 0.05) is 6.07 Å². The summed E-state index contributed by atoms with van der Waals surface area (Å²) in [5, 5.41) is 0. The van der Waals surface area contributed by atoms with E-state index in [0.717, 1.165) is 37.6 Å². The van der Waals surface area contributed by atoms with Gasteiger partial charge in [-0.15, -0.1) is 0 Å². The van der Waals surface area contributed by atoms with Crippen LogP contribution in [0.2, 0.25) is 0 Å². The van der Waals surface area contributed by atoms with Gasteiger partial charge in [0.15, 0.2) is 6.04 Å². The molecule has 0 spiro atoms. The number of hydrogen-bond acceptors (Lipinski definition) is 3. The molecule has 1 aromatic carbocycles. The lowest BCUT2D eigenvalue weighted by Crippen LogP contribution is -3.19. The van der Waals surface area contributed by atoms with E-state index < -0.39 is 0 Å². The highest BCUT2D eigenvalue weighted by Gasteiger charge is 2.47.